The summed E-state index contributed by atoms with van der Waals surface area (Å²) in [6.45, 7) is -1.20. The van der Waals surface area contributed by atoms with Gasteiger partial charge in [0.25, 0.3) is 0 Å². The minimum Gasteiger partial charge on any atom is -0.481 e. The van der Waals surface area contributed by atoms with Crippen molar-refractivity contribution in [3.63, 3.8) is 0 Å². The smallest absolute Gasteiger partial charge is 0.323 e. The number of hydrogen-bond acceptors (Lipinski definition) is 6. The van der Waals surface area contributed by atoms with Gasteiger partial charge in [0.15, 0.2) is 0 Å². The van der Waals surface area contributed by atoms with Gasteiger partial charge >= 0.3 is 11.9 Å². The molecule has 0 saturated heterocycles. The van der Waals surface area contributed by atoms with E-state index in [1.807, 2.05) is 0 Å². The maximum atomic E-state index is 10.5. The Bertz CT molecular complexity index is 231. The molecule has 88 valence electrons. The van der Waals surface area contributed by atoms with Crippen LogP contribution in [0.5, 0.6) is 0 Å². The Morgan fingerprint density at radius 3 is 2.13 bits per heavy atom. The lowest BCUT2D eigenvalue weighted by Gasteiger charge is -2.22. The van der Waals surface area contributed by atoms with Gasteiger partial charge in [0.05, 0.1) is 25.7 Å². The average Bonchev–Trinajstić information content (AvgIpc) is 2.12. The van der Waals surface area contributed by atoms with Crippen molar-refractivity contribution in [2.45, 2.75) is 18.6 Å². The SMILES string of the molecule is O=C(O)CC(C(=O)O)N(O)CC(O)CO. The minimum atomic E-state index is -1.65. The maximum Gasteiger partial charge on any atom is 0.323 e. The number of carbonyl (C=O) groups is 2. The average molecular weight is 223 g/mol. The van der Waals surface area contributed by atoms with E-state index >= 15 is 0 Å². The Morgan fingerprint density at radius 2 is 1.80 bits per heavy atom. The van der Waals surface area contributed by atoms with E-state index in [1.54, 1.807) is 0 Å². The van der Waals surface area contributed by atoms with Crippen molar-refractivity contribution >= 4 is 11.9 Å². The van der Waals surface area contributed by atoms with Crippen LogP contribution >= 0.6 is 0 Å². The van der Waals surface area contributed by atoms with Crippen LogP contribution in [0.1, 0.15) is 6.42 Å². The second-order valence-corrected chi connectivity index (χ2v) is 2.91. The van der Waals surface area contributed by atoms with E-state index in [0.29, 0.717) is 0 Å². The predicted octanol–water partition coefficient (Wildman–Crippen LogP) is -2.04. The standard InChI is InChI=1S/C7H13NO7/c9-3-4(10)2-8(15)5(7(13)14)1-6(11)12/h4-5,9-10,15H,1-3H2,(H,11,12)(H,13,14). The van der Waals surface area contributed by atoms with E-state index in [9.17, 15) is 9.59 Å². The number of carboxylic acid groups (broad SMARTS) is 2. The number of aliphatic carboxylic acids is 2. The minimum absolute atomic E-state index is 0.178. The Hall–Kier alpha value is -1.22. The van der Waals surface area contributed by atoms with Crippen LogP contribution in [-0.4, -0.2) is 67.9 Å². The summed E-state index contributed by atoms with van der Waals surface area (Å²) in [6.07, 6.45) is -2.13. The van der Waals surface area contributed by atoms with Crippen molar-refractivity contribution in [2.75, 3.05) is 13.2 Å². The summed E-state index contributed by atoms with van der Waals surface area (Å²) >= 11 is 0. The third-order valence-electron chi connectivity index (χ3n) is 1.62. The highest BCUT2D eigenvalue weighted by molar-refractivity contribution is 5.80. The number of rotatable bonds is 7. The van der Waals surface area contributed by atoms with Crippen LogP contribution in [-0.2, 0) is 9.59 Å². The summed E-state index contributed by atoms with van der Waals surface area (Å²) in [5.41, 5.74) is 0. The van der Waals surface area contributed by atoms with Crippen molar-refractivity contribution in [3.05, 3.63) is 0 Å². The summed E-state index contributed by atoms with van der Waals surface area (Å²) in [7, 11) is 0. The van der Waals surface area contributed by atoms with E-state index in [2.05, 4.69) is 0 Å². The van der Waals surface area contributed by atoms with E-state index in [0.717, 1.165) is 0 Å². The normalized spacial score (nSPS) is 14.9. The van der Waals surface area contributed by atoms with Crippen molar-refractivity contribution in [2.24, 2.45) is 0 Å². The van der Waals surface area contributed by atoms with Gasteiger partial charge in [0, 0.05) is 0 Å². The first-order chi connectivity index (χ1) is 6.88. The highest BCUT2D eigenvalue weighted by Crippen LogP contribution is 2.03. The molecule has 2 atom stereocenters. The Labute approximate surface area is 84.9 Å². The summed E-state index contributed by atoms with van der Waals surface area (Å²) in [5, 5.41) is 43.6. The van der Waals surface area contributed by atoms with Crippen molar-refractivity contribution in [1.82, 2.24) is 5.06 Å². The number of aliphatic hydroxyl groups is 2. The molecule has 0 aromatic rings. The number of aliphatic hydroxyl groups excluding tert-OH is 2. The lowest BCUT2D eigenvalue weighted by atomic mass is 10.2. The first kappa shape index (κ1) is 13.8. The van der Waals surface area contributed by atoms with Gasteiger partial charge in [-0.15, -0.1) is 0 Å². The van der Waals surface area contributed by atoms with Gasteiger partial charge in [-0.3, -0.25) is 9.59 Å². The lowest BCUT2D eigenvalue weighted by molar-refractivity contribution is -0.182. The zero-order valence-corrected chi connectivity index (χ0v) is 7.78. The summed E-state index contributed by atoms with van der Waals surface area (Å²) in [6, 6.07) is -1.65. The number of carboxylic acids is 2. The van der Waals surface area contributed by atoms with Crippen molar-refractivity contribution < 1.29 is 35.2 Å². The number of hydrogen-bond donors (Lipinski definition) is 5. The molecule has 0 amide bonds. The molecule has 0 saturated carbocycles. The fourth-order valence-electron chi connectivity index (χ4n) is 0.886. The molecule has 0 heterocycles. The van der Waals surface area contributed by atoms with E-state index in [-0.39, 0.29) is 5.06 Å². The molecule has 0 aliphatic rings. The van der Waals surface area contributed by atoms with Gasteiger partial charge < -0.3 is 25.6 Å². The van der Waals surface area contributed by atoms with E-state index in [4.69, 9.17) is 25.6 Å². The molecular formula is C7H13NO7. The third kappa shape index (κ3) is 5.27. The zero-order valence-electron chi connectivity index (χ0n) is 7.78. The van der Waals surface area contributed by atoms with Crippen molar-refractivity contribution in [1.29, 1.82) is 0 Å². The Balaban J connectivity index is 4.35. The van der Waals surface area contributed by atoms with Gasteiger partial charge in [0.2, 0.25) is 0 Å². The molecule has 0 rings (SSSR count). The number of nitrogens with zero attached hydrogens (tertiary/aromatic N) is 1. The first-order valence-corrected chi connectivity index (χ1v) is 4.07. The summed E-state index contributed by atoms with van der Waals surface area (Å²) < 4.78 is 0. The fraction of sp³-hybridized carbons (Fsp3) is 0.714. The largest absolute Gasteiger partial charge is 0.481 e. The van der Waals surface area contributed by atoms with Gasteiger partial charge in [-0.05, 0) is 0 Å². The molecule has 0 aromatic heterocycles. The third-order valence-corrected chi connectivity index (χ3v) is 1.62. The van der Waals surface area contributed by atoms with Crippen LogP contribution < -0.4 is 0 Å². The number of hydroxylamine groups is 2. The zero-order chi connectivity index (χ0) is 12.0. The van der Waals surface area contributed by atoms with Crippen LogP contribution in [0.15, 0.2) is 0 Å². The van der Waals surface area contributed by atoms with Gasteiger partial charge in [-0.1, -0.05) is 0 Å². The van der Waals surface area contributed by atoms with E-state index < -0.39 is 43.7 Å². The second-order valence-electron chi connectivity index (χ2n) is 2.91. The van der Waals surface area contributed by atoms with Gasteiger partial charge in [0.1, 0.15) is 6.04 Å². The molecule has 0 fully saturated rings. The second kappa shape index (κ2) is 6.30. The Morgan fingerprint density at radius 1 is 1.27 bits per heavy atom. The van der Waals surface area contributed by atoms with Crippen LogP contribution in [0.4, 0.5) is 0 Å². The molecule has 15 heavy (non-hydrogen) atoms. The molecular weight excluding hydrogens is 210 g/mol. The molecule has 0 aliphatic carbocycles. The predicted molar refractivity (Wildman–Crippen MR) is 45.3 cm³/mol. The molecule has 0 aliphatic heterocycles. The monoisotopic (exact) mass is 223 g/mol. The lowest BCUT2D eigenvalue weighted by Crippen LogP contribution is -2.44. The molecule has 0 radical (unpaired) electrons. The molecule has 0 aromatic carbocycles. The van der Waals surface area contributed by atoms with Gasteiger partial charge in [-0.2, -0.15) is 5.06 Å². The maximum absolute atomic E-state index is 10.5. The van der Waals surface area contributed by atoms with Crippen molar-refractivity contribution in [3.8, 4) is 0 Å². The van der Waals surface area contributed by atoms with E-state index in [1.165, 1.54) is 0 Å². The quantitative estimate of drug-likeness (QED) is 0.311. The fourth-order valence-corrected chi connectivity index (χ4v) is 0.886. The highest BCUT2D eigenvalue weighted by atomic mass is 16.5. The molecule has 2 unspecified atom stereocenters. The highest BCUT2D eigenvalue weighted by Gasteiger charge is 2.28. The van der Waals surface area contributed by atoms with Crippen LogP contribution in [0.2, 0.25) is 0 Å². The summed E-state index contributed by atoms with van der Waals surface area (Å²) in [5.74, 6) is -2.91. The van der Waals surface area contributed by atoms with Crippen LogP contribution in [0.25, 0.3) is 0 Å². The molecule has 0 bridgehead atoms. The molecule has 8 heteroatoms. The van der Waals surface area contributed by atoms with Gasteiger partial charge in [-0.25, -0.2) is 0 Å². The topological polar surface area (TPSA) is 139 Å². The summed E-state index contributed by atoms with van der Waals surface area (Å²) in [4.78, 5) is 20.8. The molecule has 8 nitrogen and oxygen atoms in total. The van der Waals surface area contributed by atoms with Crippen LogP contribution in [0, 0.1) is 0 Å². The molecule has 0 spiro atoms. The van der Waals surface area contributed by atoms with Crippen LogP contribution in [0.3, 0.4) is 0 Å². The Kier molecular flexibility index (Phi) is 5.79. The first-order valence-electron chi connectivity index (χ1n) is 4.07. The molecule has 5 N–H and O–H groups in total.